The van der Waals surface area contributed by atoms with E-state index >= 15 is 0 Å². The van der Waals surface area contributed by atoms with E-state index in [2.05, 4.69) is 29.1 Å². The van der Waals surface area contributed by atoms with E-state index in [4.69, 9.17) is 0 Å². The van der Waals surface area contributed by atoms with Gasteiger partial charge in [0.05, 0.1) is 6.33 Å². The molecule has 0 bridgehead atoms. The molecule has 0 radical (unpaired) electrons. The van der Waals surface area contributed by atoms with E-state index < -0.39 is 0 Å². The van der Waals surface area contributed by atoms with E-state index in [0.29, 0.717) is 0 Å². The molecule has 1 aromatic heterocycles. The second-order valence-electron chi connectivity index (χ2n) is 4.08. The van der Waals surface area contributed by atoms with Crippen molar-refractivity contribution in [2.24, 2.45) is 5.92 Å². The fraction of sp³-hybridized carbons (Fsp3) is 0.727. The summed E-state index contributed by atoms with van der Waals surface area (Å²) in [5.74, 6) is 3.35. The highest BCUT2D eigenvalue weighted by Gasteiger charge is 1.95. The van der Waals surface area contributed by atoms with Gasteiger partial charge >= 0.3 is 0 Å². The monoisotopic (exact) mass is 227 g/mol. The van der Waals surface area contributed by atoms with Crippen molar-refractivity contribution in [2.45, 2.75) is 26.8 Å². The maximum Gasteiger partial charge on any atom is 0.0922 e. The first-order valence-corrected chi connectivity index (χ1v) is 6.70. The average Bonchev–Trinajstić information content (AvgIpc) is 2.68. The molecule has 0 atom stereocenters. The van der Waals surface area contributed by atoms with Crippen LogP contribution in [0.25, 0.3) is 0 Å². The molecule has 15 heavy (non-hydrogen) atoms. The number of nitrogens with zero attached hydrogens (tertiary/aromatic N) is 1. The van der Waals surface area contributed by atoms with Crippen molar-refractivity contribution in [3.63, 3.8) is 0 Å². The lowest BCUT2D eigenvalue weighted by atomic mass is 10.3. The van der Waals surface area contributed by atoms with Crippen LogP contribution in [0.15, 0.2) is 12.5 Å². The van der Waals surface area contributed by atoms with Crippen LogP contribution in [-0.2, 0) is 6.54 Å². The predicted octanol–water partition coefficient (Wildman–Crippen LogP) is 2.28. The minimum Gasteiger partial charge on any atom is -0.347 e. The summed E-state index contributed by atoms with van der Waals surface area (Å²) in [5, 5.41) is 3.39. The molecule has 1 heterocycles. The molecule has 3 nitrogen and oxygen atoms in total. The molecule has 0 saturated heterocycles. The Kier molecular flexibility index (Phi) is 6.52. The van der Waals surface area contributed by atoms with Crippen molar-refractivity contribution in [2.75, 3.05) is 18.1 Å². The highest BCUT2D eigenvalue weighted by molar-refractivity contribution is 7.99. The molecule has 0 aliphatic heterocycles. The second kappa shape index (κ2) is 7.77. The lowest BCUT2D eigenvalue weighted by Gasteiger charge is -2.05. The minimum atomic E-state index is 0.813. The Labute approximate surface area is 96.5 Å². The van der Waals surface area contributed by atoms with Crippen molar-refractivity contribution in [1.29, 1.82) is 0 Å². The first-order valence-electron chi connectivity index (χ1n) is 5.54. The van der Waals surface area contributed by atoms with Crippen molar-refractivity contribution >= 4 is 11.8 Å². The van der Waals surface area contributed by atoms with Gasteiger partial charge < -0.3 is 10.3 Å². The molecular weight excluding hydrogens is 206 g/mol. The molecule has 86 valence electrons. The normalized spacial score (nSPS) is 11.1. The number of hydrogen-bond acceptors (Lipinski definition) is 3. The number of imidazole rings is 1. The number of aromatic amines is 1. The number of thioether (sulfide) groups is 1. The topological polar surface area (TPSA) is 40.7 Å². The van der Waals surface area contributed by atoms with Crippen LogP contribution in [-0.4, -0.2) is 28.0 Å². The van der Waals surface area contributed by atoms with E-state index in [1.54, 1.807) is 6.33 Å². The van der Waals surface area contributed by atoms with Crippen LogP contribution in [0, 0.1) is 5.92 Å². The summed E-state index contributed by atoms with van der Waals surface area (Å²) in [7, 11) is 0. The third kappa shape index (κ3) is 6.57. The molecule has 0 aliphatic carbocycles. The van der Waals surface area contributed by atoms with Crippen molar-refractivity contribution in [3.05, 3.63) is 18.2 Å². The molecule has 0 unspecified atom stereocenters. The Bertz CT molecular complexity index is 234. The summed E-state index contributed by atoms with van der Waals surface area (Å²) in [5.41, 5.74) is 1.16. The van der Waals surface area contributed by atoms with Gasteiger partial charge in [0.15, 0.2) is 0 Å². The molecule has 1 rings (SSSR count). The molecule has 0 aromatic carbocycles. The Balaban J connectivity index is 1.85. The zero-order chi connectivity index (χ0) is 10.9. The SMILES string of the molecule is CC(C)CSCCCNCc1cnc[nH]1. The quantitative estimate of drug-likeness (QED) is 0.669. The zero-order valence-electron chi connectivity index (χ0n) is 9.62. The van der Waals surface area contributed by atoms with Gasteiger partial charge in [0.25, 0.3) is 0 Å². The van der Waals surface area contributed by atoms with Crippen LogP contribution in [0.3, 0.4) is 0 Å². The Morgan fingerprint density at radius 1 is 1.53 bits per heavy atom. The molecule has 4 heteroatoms. The van der Waals surface area contributed by atoms with Crippen molar-refractivity contribution in [3.8, 4) is 0 Å². The number of H-pyrrole nitrogens is 1. The summed E-state index contributed by atoms with van der Waals surface area (Å²) in [6, 6.07) is 0. The minimum absolute atomic E-state index is 0.813. The number of nitrogens with one attached hydrogen (secondary N) is 2. The number of hydrogen-bond donors (Lipinski definition) is 2. The summed E-state index contributed by atoms with van der Waals surface area (Å²) in [6.07, 6.45) is 4.82. The highest BCUT2D eigenvalue weighted by Crippen LogP contribution is 2.07. The summed E-state index contributed by atoms with van der Waals surface area (Å²) < 4.78 is 0. The number of aromatic nitrogens is 2. The van der Waals surface area contributed by atoms with Gasteiger partial charge in [-0.05, 0) is 30.4 Å². The molecule has 2 N–H and O–H groups in total. The fourth-order valence-electron chi connectivity index (χ4n) is 1.22. The van der Waals surface area contributed by atoms with E-state index in [9.17, 15) is 0 Å². The Hall–Kier alpha value is -0.480. The summed E-state index contributed by atoms with van der Waals surface area (Å²) >= 11 is 2.05. The lowest BCUT2D eigenvalue weighted by Crippen LogP contribution is -2.15. The van der Waals surface area contributed by atoms with Crippen LogP contribution in [0.1, 0.15) is 26.0 Å². The van der Waals surface area contributed by atoms with Crippen LogP contribution in [0.5, 0.6) is 0 Å². The molecular formula is C11H21N3S. The molecule has 0 saturated carbocycles. The molecule has 0 spiro atoms. The van der Waals surface area contributed by atoms with Gasteiger partial charge in [-0.15, -0.1) is 0 Å². The third-order valence-corrected chi connectivity index (χ3v) is 3.44. The van der Waals surface area contributed by atoms with Gasteiger partial charge in [-0.2, -0.15) is 11.8 Å². The van der Waals surface area contributed by atoms with Crippen LogP contribution in [0.2, 0.25) is 0 Å². The molecule has 1 aromatic rings. The van der Waals surface area contributed by atoms with Crippen molar-refractivity contribution in [1.82, 2.24) is 15.3 Å². The average molecular weight is 227 g/mol. The molecule has 0 amide bonds. The standard InChI is InChI=1S/C11H21N3S/c1-10(2)8-15-5-3-4-12-6-11-7-13-9-14-11/h7,9-10,12H,3-6,8H2,1-2H3,(H,13,14). The van der Waals surface area contributed by atoms with Crippen molar-refractivity contribution < 1.29 is 0 Å². The van der Waals surface area contributed by atoms with E-state index in [0.717, 1.165) is 24.7 Å². The largest absolute Gasteiger partial charge is 0.347 e. The summed E-state index contributed by atoms with van der Waals surface area (Å²) in [6.45, 7) is 6.52. The zero-order valence-corrected chi connectivity index (χ0v) is 10.4. The second-order valence-corrected chi connectivity index (χ2v) is 5.23. The van der Waals surface area contributed by atoms with Crippen LogP contribution >= 0.6 is 11.8 Å². The molecule has 0 fully saturated rings. The van der Waals surface area contributed by atoms with Gasteiger partial charge in [0.1, 0.15) is 0 Å². The predicted molar refractivity (Wildman–Crippen MR) is 67.1 cm³/mol. The van der Waals surface area contributed by atoms with E-state index in [-0.39, 0.29) is 0 Å². The Morgan fingerprint density at radius 3 is 3.07 bits per heavy atom. The van der Waals surface area contributed by atoms with Gasteiger partial charge in [-0.25, -0.2) is 4.98 Å². The fourth-order valence-corrected chi connectivity index (χ4v) is 2.21. The summed E-state index contributed by atoms with van der Waals surface area (Å²) in [4.78, 5) is 7.05. The van der Waals surface area contributed by atoms with Crippen LogP contribution < -0.4 is 5.32 Å². The van der Waals surface area contributed by atoms with Crippen LogP contribution in [0.4, 0.5) is 0 Å². The van der Waals surface area contributed by atoms with Gasteiger partial charge in [0.2, 0.25) is 0 Å². The van der Waals surface area contributed by atoms with Gasteiger partial charge in [-0.1, -0.05) is 13.8 Å². The van der Waals surface area contributed by atoms with E-state index in [1.165, 1.54) is 17.9 Å². The maximum absolute atomic E-state index is 3.97. The Morgan fingerprint density at radius 2 is 2.40 bits per heavy atom. The first kappa shape index (κ1) is 12.6. The first-order chi connectivity index (χ1) is 7.29. The highest BCUT2D eigenvalue weighted by atomic mass is 32.2. The number of rotatable bonds is 8. The van der Waals surface area contributed by atoms with Gasteiger partial charge in [-0.3, -0.25) is 0 Å². The smallest absolute Gasteiger partial charge is 0.0922 e. The maximum atomic E-state index is 3.97. The van der Waals surface area contributed by atoms with Gasteiger partial charge in [0, 0.05) is 18.4 Å². The molecule has 0 aliphatic rings. The van der Waals surface area contributed by atoms with E-state index in [1.807, 2.05) is 18.0 Å². The lowest BCUT2D eigenvalue weighted by molar-refractivity contribution is 0.668. The third-order valence-electron chi connectivity index (χ3n) is 1.96.